The summed E-state index contributed by atoms with van der Waals surface area (Å²) in [5.74, 6) is 0.950. The van der Waals surface area contributed by atoms with Crippen LogP contribution in [0.25, 0.3) is 0 Å². The van der Waals surface area contributed by atoms with E-state index in [1.54, 1.807) is 4.90 Å². The average Bonchev–Trinajstić information content (AvgIpc) is 1.98. The first kappa shape index (κ1) is 11.5. The van der Waals surface area contributed by atoms with Crippen LogP contribution in [-0.4, -0.2) is 49.4 Å². The van der Waals surface area contributed by atoms with Crippen molar-refractivity contribution < 1.29 is 4.79 Å². The van der Waals surface area contributed by atoms with E-state index in [9.17, 15) is 4.79 Å². The molecule has 0 aromatic rings. The Labute approximate surface area is 87.1 Å². The Morgan fingerprint density at radius 3 is 2.29 bits per heavy atom. The summed E-state index contributed by atoms with van der Waals surface area (Å²) in [6.45, 7) is 9.43. The maximum Gasteiger partial charge on any atom is 0.230 e. The van der Waals surface area contributed by atoms with E-state index in [4.69, 9.17) is 0 Å². The van der Waals surface area contributed by atoms with Gasteiger partial charge in [-0.05, 0) is 12.8 Å². The van der Waals surface area contributed by atoms with Crippen molar-refractivity contribution in [3.63, 3.8) is 0 Å². The number of carbonyl (C=O) groups is 1. The molecule has 1 aliphatic heterocycles. The second-order valence-corrected chi connectivity index (χ2v) is 5.32. The summed E-state index contributed by atoms with van der Waals surface area (Å²) in [6, 6.07) is 0. The van der Waals surface area contributed by atoms with Gasteiger partial charge in [0.05, 0.1) is 5.41 Å². The quantitative estimate of drug-likeness (QED) is 0.677. The number of likely N-dealkylation sites (tertiary alicyclic amines) is 1. The average molecular weight is 198 g/mol. The molecule has 82 valence electrons. The zero-order valence-electron chi connectivity index (χ0n) is 10.0. The third-order valence-electron chi connectivity index (χ3n) is 2.69. The molecule has 0 radical (unpaired) electrons. The molecular weight excluding hydrogens is 176 g/mol. The van der Waals surface area contributed by atoms with E-state index in [2.05, 4.69) is 25.7 Å². The zero-order valence-corrected chi connectivity index (χ0v) is 10.0. The molecule has 0 N–H and O–H groups in total. The number of amides is 1. The van der Waals surface area contributed by atoms with Crippen LogP contribution in [0, 0.1) is 11.3 Å². The van der Waals surface area contributed by atoms with Gasteiger partial charge in [0, 0.05) is 33.7 Å². The van der Waals surface area contributed by atoms with E-state index in [1.165, 1.54) is 0 Å². The van der Waals surface area contributed by atoms with E-state index in [-0.39, 0.29) is 11.3 Å². The molecule has 1 amide bonds. The summed E-state index contributed by atoms with van der Waals surface area (Å²) in [7, 11) is 3.66. The summed E-state index contributed by atoms with van der Waals surface area (Å²) in [4.78, 5) is 15.8. The first-order valence-electron chi connectivity index (χ1n) is 5.29. The lowest BCUT2D eigenvalue weighted by Gasteiger charge is -2.48. The molecule has 1 aliphatic rings. The topological polar surface area (TPSA) is 23.6 Å². The summed E-state index contributed by atoms with van der Waals surface area (Å²) in [6.07, 6.45) is 0. The Kier molecular flexibility index (Phi) is 3.20. The van der Waals surface area contributed by atoms with Gasteiger partial charge in [-0.2, -0.15) is 0 Å². The lowest BCUT2D eigenvalue weighted by Crippen LogP contribution is -2.61. The van der Waals surface area contributed by atoms with Crippen LogP contribution in [0.2, 0.25) is 0 Å². The fourth-order valence-electron chi connectivity index (χ4n) is 2.26. The molecule has 14 heavy (non-hydrogen) atoms. The largest absolute Gasteiger partial charge is 0.348 e. The molecule has 0 aliphatic carbocycles. The Morgan fingerprint density at radius 1 is 1.43 bits per heavy atom. The van der Waals surface area contributed by atoms with Gasteiger partial charge < -0.3 is 9.80 Å². The number of rotatable bonds is 3. The third kappa shape index (κ3) is 2.27. The minimum Gasteiger partial charge on any atom is -0.348 e. The third-order valence-corrected chi connectivity index (χ3v) is 2.69. The predicted molar refractivity (Wildman–Crippen MR) is 58.1 cm³/mol. The maximum absolute atomic E-state index is 11.8. The Morgan fingerprint density at radius 2 is 1.93 bits per heavy atom. The van der Waals surface area contributed by atoms with Crippen LogP contribution in [0.15, 0.2) is 0 Å². The molecule has 0 bridgehead atoms. The summed E-state index contributed by atoms with van der Waals surface area (Å²) >= 11 is 0. The van der Waals surface area contributed by atoms with Crippen LogP contribution in [0.4, 0.5) is 0 Å². The highest BCUT2D eigenvalue weighted by Gasteiger charge is 2.45. The van der Waals surface area contributed by atoms with Crippen molar-refractivity contribution in [2.45, 2.75) is 20.8 Å². The number of hydrogen-bond donors (Lipinski definition) is 0. The van der Waals surface area contributed by atoms with Gasteiger partial charge in [-0.15, -0.1) is 0 Å². The second-order valence-electron chi connectivity index (χ2n) is 5.32. The second kappa shape index (κ2) is 3.89. The fourth-order valence-corrected chi connectivity index (χ4v) is 2.26. The highest BCUT2D eigenvalue weighted by molar-refractivity contribution is 5.83. The minimum absolute atomic E-state index is 0.127. The Balaban J connectivity index is 2.41. The highest BCUT2D eigenvalue weighted by atomic mass is 16.2. The van der Waals surface area contributed by atoms with Gasteiger partial charge >= 0.3 is 0 Å². The molecular formula is C11H22N2O. The molecule has 1 fully saturated rings. The molecule has 0 unspecified atom stereocenters. The van der Waals surface area contributed by atoms with E-state index in [0.717, 1.165) is 19.6 Å². The van der Waals surface area contributed by atoms with Crippen LogP contribution < -0.4 is 0 Å². The lowest BCUT2D eigenvalue weighted by molar-refractivity contribution is -0.149. The molecule has 0 saturated carbocycles. The van der Waals surface area contributed by atoms with Crippen molar-refractivity contribution in [2.75, 3.05) is 33.7 Å². The van der Waals surface area contributed by atoms with Crippen LogP contribution in [0.1, 0.15) is 20.8 Å². The van der Waals surface area contributed by atoms with Crippen molar-refractivity contribution in [1.82, 2.24) is 9.80 Å². The molecule has 0 aromatic heterocycles. The van der Waals surface area contributed by atoms with Gasteiger partial charge in [-0.25, -0.2) is 0 Å². The van der Waals surface area contributed by atoms with Crippen LogP contribution in [-0.2, 0) is 4.79 Å². The number of nitrogens with zero attached hydrogens (tertiary/aromatic N) is 2. The van der Waals surface area contributed by atoms with E-state index >= 15 is 0 Å². The molecule has 0 aromatic carbocycles. The SMILES string of the molecule is CC(C)CN1CC(C)(C(=O)N(C)C)C1. The van der Waals surface area contributed by atoms with Crippen molar-refractivity contribution in [3.8, 4) is 0 Å². The normalized spacial score (nSPS) is 20.7. The molecule has 3 nitrogen and oxygen atoms in total. The Bertz CT molecular complexity index is 217. The van der Waals surface area contributed by atoms with Crippen molar-refractivity contribution in [3.05, 3.63) is 0 Å². The molecule has 1 rings (SSSR count). The van der Waals surface area contributed by atoms with Gasteiger partial charge in [-0.3, -0.25) is 4.79 Å². The maximum atomic E-state index is 11.8. The standard InChI is InChI=1S/C11H22N2O/c1-9(2)6-13-7-11(3,8-13)10(14)12(4)5/h9H,6-8H2,1-5H3. The molecule has 0 atom stereocenters. The zero-order chi connectivity index (χ0) is 10.9. The molecule has 0 spiro atoms. The van der Waals surface area contributed by atoms with Gasteiger partial charge in [0.1, 0.15) is 0 Å². The van der Waals surface area contributed by atoms with Crippen molar-refractivity contribution >= 4 is 5.91 Å². The van der Waals surface area contributed by atoms with E-state index < -0.39 is 0 Å². The highest BCUT2D eigenvalue weighted by Crippen LogP contribution is 2.31. The summed E-state index contributed by atoms with van der Waals surface area (Å²) in [5.41, 5.74) is -0.127. The predicted octanol–water partition coefficient (Wildman–Crippen LogP) is 1.05. The van der Waals surface area contributed by atoms with Gasteiger partial charge in [0.25, 0.3) is 0 Å². The van der Waals surface area contributed by atoms with Crippen LogP contribution >= 0.6 is 0 Å². The minimum atomic E-state index is -0.127. The first-order chi connectivity index (χ1) is 6.35. The molecule has 1 heterocycles. The van der Waals surface area contributed by atoms with Crippen molar-refractivity contribution in [2.24, 2.45) is 11.3 Å². The van der Waals surface area contributed by atoms with Gasteiger partial charge in [0.15, 0.2) is 0 Å². The molecule has 1 saturated heterocycles. The summed E-state index contributed by atoms with van der Waals surface area (Å²) < 4.78 is 0. The summed E-state index contributed by atoms with van der Waals surface area (Å²) in [5, 5.41) is 0. The number of carbonyl (C=O) groups excluding carboxylic acids is 1. The smallest absolute Gasteiger partial charge is 0.230 e. The van der Waals surface area contributed by atoms with Crippen molar-refractivity contribution in [1.29, 1.82) is 0 Å². The van der Waals surface area contributed by atoms with E-state index in [1.807, 2.05) is 14.1 Å². The van der Waals surface area contributed by atoms with Crippen LogP contribution in [0.5, 0.6) is 0 Å². The van der Waals surface area contributed by atoms with Crippen LogP contribution in [0.3, 0.4) is 0 Å². The van der Waals surface area contributed by atoms with Gasteiger partial charge in [-0.1, -0.05) is 13.8 Å². The lowest BCUT2D eigenvalue weighted by atomic mass is 9.80. The monoisotopic (exact) mass is 198 g/mol. The van der Waals surface area contributed by atoms with E-state index in [0.29, 0.717) is 5.92 Å². The fraction of sp³-hybridized carbons (Fsp3) is 0.909. The number of hydrogen-bond acceptors (Lipinski definition) is 2. The van der Waals surface area contributed by atoms with Gasteiger partial charge in [0.2, 0.25) is 5.91 Å². The Hall–Kier alpha value is -0.570. The first-order valence-corrected chi connectivity index (χ1v) is 5.29. The molecule has 3 heteroatoms.